The van der Waals surface area contributed by atoms with Gasteiger partial charge in [0.15, 0.2) is 0 Å². The molecule has 1 N–H and O–H groups in total. The third kappa shape index (κ3) is 5.12. The summed E-state index contributed by atoms with van der Waals surface area (Å²) < 4.78 is 0. The van der Waals surface area contributed by atoms with Gasteiger partial charge in [0.1, 0.15) is 0 Å². The maximum atomic E-state index is 12.0. The van der Waals surface area contributed by atoms with E-state index in [2.05, 4.69) is 5.32 Å². The van der Waals surface area contributed by atoms with Crippen LogP contribution in [0, 0.1) is 10.1 Å². The lowest BCUT2D eigenvalue weighted by Gasteiger charge is -2.16. The predicted octanol–water partition coefficient (Wildman–Crippen LogP) is 4.87. The van der Waals surface area contributed by atoms with E-state index in [1.54, 1.807) is 30.3 Å². The van der Waals surface area contributed by atoms with Gasteiger partial charge in [-0.05, 0) is 36.8 Å². The van der Waals surface area contributed by atoms with Crippen molar-refractivity contribution in [2.75, 3.05) is 5.75 Å². The van der Waals surface area contributed by atoms with Crippen LogP contribution >= 0.6 is 35.0 Å². The maximum absolute atomic E-state index is 12.0. The van der Waals surface area contributed by atoms with Crippen LogP contribution in [0.15, 0.2) is 47.4 Å². The number of carbonyl (C=O) groups is 1. The van der Waals surface area contributed by atoms with Crippen LogP contribution in [0.5, 0.6) is 0 Å². The van der Waals surface area contributed by atoms with Gasteiger partial charge in [-0.15, -0.1) is 11.8 Å². The van der Waals surface area contributed by atoms with Crippen molar-refractivity contribution >= 4 is 46.6 Å². The van der Waals surface area contributed by atoms with Gasteiger partial charge >= 0.3 is 0 Å². The number of halogens is 2. The van der Waals surface area contributed by atoms with E-state index in [0.29, 0.717) is 10.0 Å². The van der Waals surface area contributed by atoms with E-state index >= 15 is 0 Å². The SMILES string of the molecule is C[C@H](NC(=O)CSc1ccc([N+](=O)[O-])cc1)c1ccc(Cl)cc1Cl. The van der Waals surface area contributed by atoms with Gasteiger partial charge in [-0.3, -0.25) is 14.9 Å². The Balaban J connectivity index is 1.89. The molecule has 0 radical (unpaired) electrons. The van der Waals surface area contributed by atoms with Crippen LogP contribution in [0.4, 0.5) is 5.69 Å². The number of rotatable bonds is 6. The Morgan fingerprint density at radius 2 is 1.92 bits per heavy atom. The molecule has 0 unspecified atom stereocenters. The lowest BCUT2D eigenvalue weighted by atomic mass is 10.1. The first-order chi connectivity index (χ1) is 11.4. The molecule has 5 nitrogen and oxygen atoms in total. The molecule has 1 amide bonds. The minimum Gasteiger partial charge on any atom is -0.349 e. The minimum absolute atomic E-state index is 0.0230. The summed E-state index contributed by atoms with van der Waals surface area (Å²) in [5, 5.41) is 14.5. The Morgan fingerprint density at radius 3 is 2.50 bits per heavy atom. The van der Waals surface area contributed by atoms with Gasteiger partial charge < -0.3 is 5.32 Å². The Labute approximate surface area is 153 Å². The molecule has 24 heavy (non-hydrogen) atoms. The first kappa shape index (κ1) is 18.6. The van der Waals surface area contributed by atoms with Crippen molar-refractivity contribution in [1.82, 2.24) is 5.32 Å². The second-order valence-corrected chi connectivity index (χ2v) is 6.89. The standard InChI is InChI=1S/C16H14Cl2N2O3S/c1-10(14-7-2-11(17)8-15(14)18)19-16(21)9-24-13-5-3-12(4-6-13)20(22)23/h2-8,10H,9H2,1H3,(H,19,21)/t10-/m0/s1. The average molecular weight is 385 g/mol. The number of hydrogen-bond acceptors (Lipinski definition) is 4. The summed E-state index contributed by atoms with van der Waals surface area (Å²) in [5.74, 6) is 0.0461. The van der Waals surface area contributed by atoms with E-state index in [0.717, 1.165) is 10.5 Å². The highest BCUT2D eigenvalue weighted by Gasteiger charge is 2.13. The van der Waals surface area contributed by atoms with Crippen molar-refractivity contribution in [3.8, 4) is 0 Å². The quantitative estimate of drug-likeness (QED) is 0.437. The fraction of sp³-hybridized carbons (Fsp3) is 0.188. The number of thioether (sulfide) groups is 1. The molecule has 8 heteroatoms. The van der Waals surface area contributed by atoms with Crippen LogP contribution in [0.1, 0.15) is 18.5 Å². The fourth-order valence-electron chi connectivity index (χ4n) is 2.03. The van der Waals surface area contributed by atoms with Crippen molar-refractivity contribution in [3.63, 3.8) is 0 Å². The zero-order valence-corrected chi connectivity index (χ0v) is 15.0. The summed E-state index contributed by atoms with van der Waals surface area (Å²) >= 11 is 13.3. The van der Waals surface area contributed by atoms with E-state index in [4.69, 9.17) is 23.2 Å². The van der Waals surface area contributed by atoms with Crippen molar-refractivity contribution < 1.29 is 9.72 Å². The molecule has 0 fully saturated rings. The number of amides is 1. The molecule has 0 saturated heterocycles. The lowest BCUT2D eigenvalue weighted by molar-refractivity contribution is -0.384. The number of hydrogen-bond donors (Lipinski definition) is 1. The largest absolute Gasteiger partial charge is 0.349 e. The van der Waals surface area contributed by atoms with Gasteiger partial charge in [-0.2, -0.15) is 0 Å². The molecular weight excluding hydrogens is 371 g/mol. The highest BCUT2D eigenvalue weighted by molar-refractivity contribution is 8.00. The molecule has 2 aromatic rings. The number of benzene rings is 2. The molecule has 0 aliphatic rings. The Kier molecular flexibility index (Phi) is 6.48. The van der Waals surface area contributed by atoms with Crippen molar-refractivity contribution in [2.45, 2.75) is 17.9 Å². The number of non-ortho nitro benzene ring substituents is 1. The summed E-state index contributed by atoms with van der Waals surface area (Å²) in [6.45, 7) is 1.84. The zero-order chi connectivity index (χ0) is 17.7. The second kappa shape index (κ2) is 8.37. The van der Waals surface area contributed by atoms with E-state index in [-0.39, 0.29) is 23.4 Å². The summed E-state index contributed by atoms with van der Waals surface area (Å²) in [4.78, 5) is 23.0. The van der Waals surface area contributed by atoms with Crippen LogP contribution in [-0.4, -0.2) is 16.6 Å². The van der Waals surface area contributed by atoms with Crippen molar-refractivity contribution in [2.24, 2.45) is 0 Å². The lowest BCUT2D eigenvalue weighted by Crippen LogP contribution is -2.28. The molecule has 0 heterocycles. The van der Waals surface area contributed by atoms with Crippen LogP contribution < -0.4 is 5.32 Å². The van der Waals surface area contributed by atoms with Gasteiger partial charge in [0.05, 0.1) is 16.7 Å². The first-order valence-corrected chi connectivity index (χ1v) is 8.72. The van der Waals surface area contributed by atoms with Gasteiger partial charge in [-0.1, -0.05) is 29.3 Å². The second-order valence-electron chi connectivity index (χ2n) is 4.99. The predicted molar refractivity (Wildman–Crippen MR) is 96.8 cm³/mol. The Morgan fingerprint density at radius 1 is 1.25 bits per heavy atom. The highest BCUT2D eigenvalue weighted by atomic mass is 35.5. The molecule has 0 spiro atoms. The third-order valence-corrected chi connectivity index (χ3v) is 4.80. The highest BCUT2D eigenvalue weighted by Crippen LogP contribution is 2.26. The molecule has 2 rings (SSSR count). The molecule has 0 aliphatic heterocycles. The van der Waals surface area contributed by atoms with Gasteiger partial charge in [0, 0.05) is 27.1 Å². The number of nitrogens with zero attached hydrogens (tertiary/aromatic N) is 1. The number of carbonyl (C=O) groups excluding carboxylic acids is 1. The molecule has 0 saturated carbocycles. The summed E-state index contributed by atoms with van der Waals surface area (Å²) in [7, 11) is 0. The first-order valence-electron chi connectivity index (χ1n) is 6.98. The molecule has 0 aliphatic carbocycles. The zero-order valence-electron chi connectivity index (χ0n) is 12.7. The van der Waals surface area contributed by atoms with Gasteiger partial charge in [-0.25, -0.2) is 0 Å². The van der Waals surface area contributed by atoms with Crippen molar-refractivity contribution in [3.05, 3.63) is 68.2 Å². The van der Waals surface area contributed by atoms with Crippen LogP contribution in [-0.2, 0) is 4.79 Å². The molecule has 0 bridgehead atoms. The van der Waals surface area contributed by atoms with E-state index in [9.17, 15) is 14.9 Å². The average Bonchev–Trinajstić information content (AvgIpc) is 2.53. The third-order valence-electron chi connectivity index (χ3n) is 3.22. The molecule has 126 valence electrons. The van der Waals surface area contributed by atoms with Crippen molar-refractivity contribution in [1.29, 1.82) is 0 Å². The molecule has 0 aromatic heterocycles. The number of nitro groups is 1. The van der Waals surface area contributed by atoms with E-state index in [1.165, 1.54) is 23.9 Å². The normalized spacial score (nSPS) is 11.8. The van der Waals surface area contributed by atoms with Crippen LogP contribution in [0.2, 0.25) is 10.0 Å². The summed E-state index contributed by atoms with van der Waals surface area (Å²) in [6, 6.07) is 10.9. The topological polar surface area (TPSA) is 72.2 Å². The van der Waals surface area contributed by atoms with Crippen LogP contribution in [0.3, 0.4) is 0 Å². The van der Waals surface area contributed by atoms with Gasteiger partial charge in [0.2, 0.25) is 5.91 Å². The van der Waals surface area contributed by atoms with E-state index in [1.807, 2.05) is 6.92 Å². The molecule has 2 aromatic carbocycles. The molecular formula is C16H14Cl2N2O3S. The number of nitro benzene ring substituents is 1. The summed E-state index contributed by atoms with van der Waals surface area (Å²) in [5.41, 5.74) is 0.810. The Hall–Kier alpha value is -1.76. The maximum Gasteiger partial charge on any atom is 0.269 e. The van der Waals surface area contributed by atoms with E-state index < -0.39 is 4.92 Å². The monoisotopic (exact) mass is 384 g/mol. The smallest absolute Gasteiger partial charge is 0.269 e. The Bertz CT molecular complexity index is 753. The number of nitrogens with one attached hydrogen (secondary N) is 1. The fourth-order valence-corrected chi connectivity index (χ4v) is 3.31. The molecule has 1 atom stereocenters. The van der Waals surface area contributed by atoms with Gasteiger partial charge in [0.25, 0.3) is 5.69 Å². The summed E-state index contributed by atoms with van der Waals surface area (Å²) in [6.07, 6.45) is 0. The van der Waals surface area contributed by atoms with Crippen LogP contribution in [0.25, 0.3) is 0 Å². The minimum atomic E-state index is -0.460.